The number of hydrogen-bond donors (Lipinski definition) is 2. The van der Waals surface area contributed by atoms with E-state index in [-0.39, 0.29) is 10.6 Å². The molecule has 0 aliphatic rings. The number of hydrogen-bond acceptors (Lipinski definition) is 3. The van der Waals surface area contributed by atoms with Gasteiger partial charge in [0.1, 0.15) is 4.90 Å². The molecule has 3 N–H and O–H groups in total. The Morgan fingerprint density at radius 2 is 1.94 bits per heavy atom. The second-order valence-corrected chi connectivity index (χ2v) is 5.84. The van der Waals surface area contributed by atoms with Crippen LogP contribution >= 0.6 is 0 Å². The van der Waals surface area contributed by atoms with Crippen LogP contribution in [0.5, 0.6) is 0 Å². The van der Waals surface area contributed by atoms with Crippen LogP contribution in [0.2, 0.25) is 0 Å². The summed E-state index contributed by atoms with van der Waals surface area (Å²) >= 11 is 0. The maximum absolute atomic E-state index is 12.3. The van der Waals surface area contributed by atoms with Crippen molar-refractivity contribution in [1.29, 1.82) is 0 Å². The van der Waals surface area contributed by atoms with E-state index in [0.717, 1.165) is 5.56 Å². The van der Waals surface area contributed by atoms with Gasteiger partial charge >= 0.3 is 0 Å². The topological polar surface area (TPSA) is 72.2 Å². The standard InChI is InChI=1S/C13H18N2O2S/c1-5-11(6-2)15-18(16,17)13-10(4)8-7-9(3)12(13)14/h1,7-8,11,15H,6,14H2,2-4H3. The van der Waals surface area contributed by atoms with Crippen LogP contribution in [-0.2, 0) is 10.0 Å². The van der Waals surface area contributed by atoms with Crippen molar-refractivity contribution < 1.29 is 8.42 Å². The third-order valence-electron chi connectivity index (χ3n) is 2.79. The molecule has 0 aliphatic heterocycles. The lowest BCUT2D eigenvalue weighted by Gasteiger charge is -2.16. The van der Waals surface area contributed by atoms with Gasteiger partial charge in [0.05, 0.1) is 11.7 Å². The maximum atomic E-state index is 12.3. The van der Waals surface area contributed by atoms with Gasteiger partial charge in [-0.15, -0.1) is 6.42 Å². The zero-order valence-corrected chi connectivity index (χ0v) is 11.6. The Kier molecular flexibility index (Phi) is 4.38. The summed E-state index contributed by atoms with van der Waals surface area (Å²) in [5.74, 6) is 2.40. The number of aryl methyl sites for hydroxylation is 2. The zero-order valence-electron chi connectivity index (χ0n) is 10.8. The molecule has 0 saturated heterocycles. The first-order valence-electron chi connectivity index (χ1n) is 5.67. The van der Waals surface area contributed by atoms with Gasteiger partial charge in [0, 0.05) is 0 Å². The Morgan fingerprint density at radius 1 is 1.39 bits per heavy atom. The van der Waals surface area contributed by atoms with Crippen LogP contribution in [0.25, 0.3) is 0 Å². The third kappa shape index (κ3) is 2.84. The molecule has 98 valence electrons. The molecule has 1 atom stereocenters. The highest BCUT2D eigenvalue weighted by Gasteiger charge is 2.23. The van der Waals surface area contributed by atoms with E-state index < -0.39 is 16.1 Å². The highest BCUT2D eigenvalue weighted by Crippen LogP contribution is 2.25. The maximum Gasteiger partial charge on any atom is 0.243 e. The monoisotopic (exact) mass is 266 g/mol. The predicted octanol–water partition coefficient (Wildman–Crippen LogP) is 1.58. The molecule has 0 bridgehead atoms. The van der Waals surface area contributed by atoms with Crippen LogP contribution in [0.3, 0.4) is 0 Å². The molecule has 0 amide bonds. The molecule has 0 heterocycles. The normalized spacial score (nSPS) is 13.0. The molecule has 5 heteroatoms. The van der Waals surface area contributed by atoms with E-state index >= 15 is 0 Å². The summed E-state index contributed by atoms with van der Waals surface area (Å²) in [5.41, 5.74) is 7.47. The van der Waals surface area contributed by atoms with Gasteiger partial charge in [-0.3, -0.25) is 0 Å². The number of nitrogens with two attached hydrogens (primary N) is 1. The number of rotatable bonds is 4. The SMILES string of the molecule is C#CC(CC)NS(=O)(=O)c1c(C)ccc(C)c1N. The van der Waals surface area contributed by atoms with Gasteiger partial charge in [-0.05, 0) is 31.4 Å². The Labute approximate surface area is 109 Å². The summed E-state index contributed by atoms with van der Waals surface area (Å²) in [7, 11) is -3.69. The molecule has 0 saturated carbocycles. The average molecular weight is 266 g/mol. The first-order chi connectivity index (χ1) is 8.33. The molecule has 0 aliphatic carbocycles. The van der Waals surface area contributed by atoms with Crippen LogP contribution in [0.15, 0.2) is 17.0 Å². The highest BCUT2D eigenvalue weighted by atomic mass is 32.2. The predicted molar refractivity (Wildman–Crippen MR) is 73.6 cm³/mol. The lowest BCUT2D eigenvalue weighted by Crippen LogP contribution is -2.34. The molecule has 0 radical (unpaired) electrons. The lowest BCUT2D eigenvalue weighted by molar-refractivity contribution is 0.570. The number of anilines is 1. The molecule has 0 spiro atoms. The Bertz CT molecular complexity index is 586. The summed E-state index contributed by atoms with van der Waals surface area (Å²) in [6.07, 6.45) is 5.79. The molecule has 1 aromatic carbocycles. The molecule has 18 heavy (non-hydrogen) atoms. The van der Waals surface area contributed by atoms with E-state index in [9.17, 15) is 8.42 Å². The van der Waals surface area contributed by atoms with Crippen LogP contribution < -0.4 is 10.5 Å². The van der Waals surface area contributed by atoms with Gasteiger partial charge < -0.3 is 5.73 Å². The molecular formula is C13H18N2O2S. The largest absolute Gasteiger partial charge is 0.397 e. The Hall–Kier alpha value is -1.51. The summed E-state index contributed by atoms with van der Waals surface area (Å²) in [4.78, 5) is 0.121. The summed E-state index contributed by atoms with van der Waals surface area (Å²) in [6.45, 7) is 5.30. The van der Waals surface area contributed by atoms with E-state index in [1.165, 1.54) is 0 Å². The van der Waals surface area contributed by atoms with E-state index in [2.05, 4.69) is 10.6 Å². The second kappa shape index (κ2) is 5.42. The molecule has 0 fully saturated rings. The summed E-state index contributed by atoms with van der Waals surface area (Å²) in [5, 5.41) is 0. The van der Waals surface area contributed by atoms with Gasteiger partial charge in [0.25, 0.3) is 0 Å². The second-order valence-electron chi connectivity index (χ2n) is 4.19. The lowest BCUT2D eigenvalue weighted by atomic mass is 10.1. The van der Waals surface area contributed by atoms with Crippen molar-refractivity contribution >= 4 is 15.7 Å². The van der Waals surface area contributed by atoms with E-state index in [1.54, 1.807) is 26.0 Å². The first-order valence-corrected chi connectivity index (χ1v) is 7.16. The van der Waals surface area contributed by atoms with Gasteiger partial charge in [0.15, 0.2) is 0 Å². The van der Waals surface area contributed by atoms with Gasteiger partial charge in [-0.25, -0.2) is 8.42 Å². The van der Waals surface area contributed by atoms with Crippen molar-refractivity contribution in [3.63, 3.8) is 0 Å². The number of terminal acetylenes is 1. The number of nitrogen functional groups attached to an aromatic ring is 1. The van der Waals surface area contributed by atoms with Crippen molar-refractivity contribution in [2.24, 2.45) is 0 Å². The van der Waals surface area contributed by atoms with Crippen molar-refractivity contribution in [1.82, 2.24) is 4.72 Å². The smallest absolute Gasteiger partial charge is 0.243 e. The minimum Gasteiger partial charge on any atom is -0.397 e. The first kappa shape index (κ1) is 14.6. The van der Waals surface area contributed by atoms with E-state index in [1.807, 2.05) is 6.92 Å². The highest BCUT2D eigenvalue weighted by molar-refractivity contribution is 7.89. The molecule has 4 nitrogen and oxygen atoms in total. The molecular weight excluding hydrogens is 248 g/mol. The summed E-state index contributed by atoms with van der Waals surface area (Å²) in [6, 6.07) is 3.01. The van der Waals surface area contributed by atoms with Crippen LogP contribution in [0.1, 0.15) is 24.5 Å². The van der Waals surface area contributed by atoms with Gasteiger partial charge in [-0.2, -0.15) is 4.72 Å². The molecule has 1 unspecified atom stereocenters. The summed E-state index contributed by atoms with van der Waals surface area (Å²) < 4.78 is 27.0. The van der Waals surface area contributed by atoms with Gasteiger partial charge in [-0.1, -0.05) is 25.0 Å². The number of nitrogens with one attached hydrogen (secondary N) is 1. The van der Waals surface area contributed by atoms with Crippen LogP contribution in [-0.4, -0.2) is 14.5 Å². The fraction of sp³-hybridized carbons (Fsp3) is 0.385. The van der Waals surface area contributed by atoms with Gasteiger partial charge in [0.2, 0.25) is 10.0 Å². The van der Waals surface area contributed by atoms with Crippen molar-refractivity contribution in [2.45, 2.75) is 38.1 Å². The van der Waals surface area contributed by atoms with E-state index in [0.29, 0.717) is 12.0 Å². The average Bonchev–Trinajstić information content (AvgIpc) is 2.31. The van der Waals surface area contributed by atoms with Crippen molar-refractivity contribution in [2.75, 3.05) is 5.73 Å². The minimum atomic E-state index is -3.69. The number of benzene rings is 1. The van der Waals surface area contributed by atoms with Crippen molar-refractivity contribution in [3.05, 3.63) is 23.3 Å². The zero-order chi connectivity index (χ0) is 13.9. The molecule has 1 aromatic rings. The number of sulfonamides is 1. The Balaban J connectivity index is 3.30. The Morgan fingerprint density at radius 3 is 2.44 bits per heavy atom. The minimum absolute atomic E-state index is 0.121. The third-order valence-corrected chi connectivity index (χ3v) is 4.46. The van der Waals surface area contributed by atoms with E-state index in [4.69, 9.17) is 12.2 Å². The van der Waals surface area contributed by atoms with Crippen molar-refractivity contribution in [3.8, 4) is 12.3 Å². The van der Waals surface area contributed by atoms with Crippen LogP contribution in [0, 0.1) is 26.2 Å². The molecule has 1 rings (SSSR count). The fourth-order valence-electron chi connectivity index (χ4n) is 1.65. The fourth-order valence-corrected chi connectivity index (χ4v) is 3.31. The van der Waals surface area contributed by atoms with Crippen LogP contribution in [0.4, 0.5) is 5.69 Å². The quantitative estimate of drug-likeness (QED) is 0.642. The molecule has 0 aromatic heterocycles.